The highest BCUT2D eigenvalue weighted by Crippen LogP contribution is 2.44. The van der Waals surface area contributed by atoms with E-state index in [4.69, 9.17) is 4.74 Å². The van der Waals surface area contributed by atoms with E-state index in [1.54, 1.807) is 42.5 Å². The highest BCUT2D eigenvalue weighted by molar-refractivity contribution is 5.79. The summed E-state index contributed by atoms with van der Waals surface area (Å²) in [5, 5.41) is 9.93. The van der Waals surface area contributed by atoms with Gasteiger partial charge in [0.05, 0.1) is 13.2 Å². The Hall–Kier alpha value is -3.34. The van der Waals surface area contributed by atoms with Crippen LogP contribution in [0.15, 0.2) is 72.8 Å². The van der Waals surface area contributed by atoms with Gasteiger partial charge in [0.25, 0.3) is 0 Å². The minimum atomic E-state index is -5.85. The molecule has 0 amide bonds. The van der Waals surface area contributed by atoms with Gasteiger partial charge in [-0.25, -0.2) is 0 Å². The Morgan fingerprint density at radius 3 is 2.19 bits per heavy atom. The molecule has 228 valence electrons. The predicted octanol–water partition coefficient (Wildman–Crippen LogP) is 8.90. The number of hydrogen-bond donors (Lipinski definition) is 1. The smallest absolute Gasteiger partial charge is 0.458 e. The van der Waals surface area contributed by atoms with Crippen LogP contribution in [0.4, 0.5) is 40.8 Å². The quantitative estimate of drug-likeness (QED) is 0.236. The van der Waals surface area contributed by atoms with E-state index in [2.05, 4.69) is 0 Å². The van der Waals surface area contributed by atoms with Gasteiger partial charge in [0.15, 0.2) is 6.10 Å². The number of ether oxygens (including phenoxy) is 1. The Balaban J connectivity index is 1.67. The first-order chi connectivity index (χ1) is 19.8. The van der Waals surface area contributed by atoms with Gasteiger partial charge in [-0.2, -0.15) is 35.1 Å². The first kappa shape index (κ1) is 31.6. The van der Waals surface area contributed by atoms with Crippen molar-refractivity contribution in [2.45, 2.75) is 63.0 Å². The number of halogens is 8. The molecule has 1 aliphatic rings. The van der Waals surface area contributed by atoms with Crippen LogP contribution < -0.4 is 9.64 Å². The number of hydrogen-bond acceptors (Lipinski definition) is 3. The second-order valence-corrected chi connectivity index (χ2v) is 10.6. The van der Waals surface area contributed by atoms with Gasteiger partial charge < -0.3 is 14.7 Å². The minimum absolute atomic E-state index is 0.0924. The predicted molar refractivity (Wildman–Crippen MR) is 143 cm³/mol. The maximum atomic E-state index is 14.0. The van der Waals surface area contributed by atoms with Crippen LogP contribution in [0.5, 0.6) is 5.75 Å². The van der Waals surface area contributed by atoms with Crippen molar-refractivity contribution in [3.05, 3.63) is 83.9 Å². The summed E-state index contributed by atoms with van der Waals surface area (Å²) >= 11 is 0. The van der Waals surface area contributed by atoms with Gasteiger partial charge >= 0.3 is 18.3 Å². The summed E-state index contributed by atoms with van der Waals surface area (Å²) in [6.45, 7) is -0.935. The van der Waals surface area contributed by atoms with E-state index < -0.39 is 43.0 Å². The molecule has 1 atom stereocenters. The minimum Gasteiger partial charge on any atom is -0.493 e. The van der Waals surface area contributed by atoms with Crippen molar-refractivity contribution in [3.63, 3.8) is 0 Å². The number of para-hydroxylation sites is 1. The van der Waals surface area contributed by atoms with E-state index in [1.165, 1.54) is 18.6 Å². The van der Waals surface area contributed by atoms with Crippen molar-refractivity contribution in [2.24, 2.45) is 5.92 Å². The van der Waals surface area contributed by atoms with Gasteiger partial charge in [-0.15, -0.1) is 0 Å². The SMILES string of the molecule is O[C@H](CN(Cc1cccc(C(F)(F)C(F)(F)F)c1)c1ccccc1-c1cccc(OCC2CCCCC2)c1)C(F)(F)F. The summed E-state index contributed by atoms with van der Waals surface area (Å²) in [5.41, 5.74) is -0.148. The molecule has 1 aliphatic carbocycles. The highest BCUT2D eigenvalue weighted by atomic mass is 19.4. The van der Waals surface area contributed by atoms with Crippen LogP contribution in [0.1, 0.15) is 43.2 Å². The van der Waals surface area contributed by atoms with Crippen molar-refractivity contribution < 1.29 is 45.0 Å². The Labute approximate surface area is 238 Å². The maximum absolute atomic E-state index is 14.0. The highest BCUT2D eigenvalue weighted by Gasteiger charge is 2.58. The van der Waals surface area contributed by atoms with E-state index in [1.807, 2.05) is 0 Å². The lowest BCUT2D eigenvalue weighted by molar-refractivity contribution is -0.289. The Morgan fingerprint density at radius 1 is 0.810 bits per heavy atom. The number of alkyl halides is 8. The second kappa shape index (κ2) is 12.9. The van der Waals surface area contributed by atoms with Crippen molar-refractivity contribution in [1.82, 2.24) is 0 Å². The Kier molecular flexibility index (Phi) is 9.70. The summed E-state index contributed by atoms with van der Waals surface area (Å²) in [7, 11) is 0. The van der Waals surface area contributed by atoms with Gasteiger partial charge in [-0.1, -0.05) is 67.8 Å². The zero-order valence-corrected chi connectivity index (χ0v) is 22.6. The first-order valence-electron chi connectivity index (χ1n) is 13.6. The first-order valence-corrected chi connectivity index (χ1v) is 13.6. The van der Waals surface area contributed by atoms with E-state index in [0.717, 1.165) is 36.6 Å². The van der Waals surface area contributed by atoms with Gasteiger partial charge in [-0.3, -0.25) is 0 Å². The molecule has 0 saturated heterocycles. The number of benzene rings is 3. The van der Waals surface area contributed by atoms with Crippen LogP contribution in [0.3, 0.4) is 0 Å². The lowest BCUT2D eigenvalue weighted by atomic mass is 9.90. The summed E-state index contributed by atoms with van der Waals surface area (Å²) < 4.78 is 113. The van der Waals surface area contributed by atoms with Crippen LogP contribution in [-0.4, -0.2) is 36.7 Å². The maximum Gasteiger partial charge on any atom is 0.458 e. The van der Waals surface area contributed by atoms with E-state index in [9.17, 15) is 40.2 Å². The molecule has 0 heterocycles. The molecule has 3 aromatic carbocycles. The molecule has 3 nitrogen and oxygen atoms in total. The van der Waals surface area contributed by atoms with E-state index in [0.29, 0.717) is 41.5 Å². The third-order valence-electron chi connectivity index (χ3n) is 7.39. The molecule has 0 aliphatic heterocycles. The fraction of sp³-hybridized carbons (Fsp3) is 0.419. The Bertz CT molecular complexity index is 1320. The number of anilines is 1. The van der Waals surface area contributed by atoms with Gasteiger partial charge in [0.2, 0.25) is 0 Å². The molecule has 1 saturated carbocycles. The summed E-state index contributed by atoms with van der Waals surface area (Å²) in [6, 6.07) is 16.8. The molecule has 42 heavy (non-hydrogen) atoms. The van der Waals surface area contributed by atoms with Crippen LogP contribution >= 0.6 is 0 Å². The monoisotopic (exact) mass is 601 g/mol. The topological polar surface area (TPSA) is 32.7 Å². The van der Waals surface area contributed by atoms with Gasteiger partial charge in [-0.05, 0) is 54.2 Å². The molecular formula is C31H31F8NO2. The molecule has 0 unspecified atom stereocenters. The van der Waals surface area contributed by atoms with Gasteiger partial charge in [0, 0.05) is 23.4 Å². The summed E-state index contributed by atoms with van der Waals surface area (Å²) in [4.78, 5) is 1.12. The van der Waals surface area contributed by atoms with Gasteiger partial charge in [0.1, 0.15) is 5.75 Å². The molecule has 1 N–H and O–H groups in total. The number of aliphatic hydroxyl groups excluding tert-OH is 1. The van der Waals surface area contributed by atoms with Crippen LogP contribution in [0.25, 0.3) is 11.1 Å². The Morgan fingerprint density at radius 2 is 1.50 bits per heavy atom. The van der Waals surface area contributed by atoms with Crippen LogP contribution in [0, 0.1) is 5.92 Å². The molecular weight excluding hydrogens is 570 g/mol. The summed E-state index contributed by atoms with van der Waals surface area (Å²) in [6.07, 6.45) is -7.99. The molecule has 0 bridgehead atoms. The fourth-order valence-corrected chi connectivity index (χ4v) is 5.12. The molecule has 3 aromatic rings. The van der Waals surface area contributed by atoms with Crippen molar-refractivity contribution in [2.75, 3.05) is 18.1 Å². The fourth-order valence-electron chi connectivity index (χ4n) is 5.12. The normalized spacial score (nSPS) is 15.8. The largest absolute Gasteiger partial charge is 0.493 e. The molecule has 0 radical (unpaired) electrons. The molecule has 4 rings (SSSR count). The standard InChI is InChI=1S/C31H31F8NO2/c32-29(33,31(37,38)39)24-12-6-10-22(16-24)18-40(19-28(41)30(34,35)36)27-15-5-4-14-26(27)23-11-7-13-25(17-23)42-20-21-8-2-1-3-9-21/h4-7,10-17,21,28,41H,1-3,8-9,18-20H2/t28-/m1/s1. The molecule has 0 aromatic heterocycles. The summed E-state index contributed by atoms with van der Waals surface area (Å²) in [5.74, 6) is -4.15. The lowest BCUT2D eigenvalue weighted by Crippen LogP contribution is -2.41. The number of nitrogens with zero attached hydrogens (tertiary/aromatic N) is 1. The van der Waals surface area contributed by atoms with E-state index >= 15 is 0 Å². The number of rotatable bonds is 10. The molecule has 11 heteroatoms. The van der Waals surface area contributed by atoms with Crippen LogP contribution in [-0.2, 0) is 12.5 Å². The lowest BCUT2D eigenvalue weighted by Gasteiger charge is -2.30. The zero-order valence-electron chi connectivity index (χ0n) is 22.6. The second-order valence-electron chi connectivity index (χ2n) is 10.6. The van der Waals surface area contributed by atoms with Crippen LogP contribution in [0.2, 0.25) is 0 Å². The van der Waals surface area contributed by atoms with E-state index in [-0.39, 0.29) is 11.3 Å². The zero-order chi connectivity index (χ0) is 30.5. The third kappa shape index (κ3) is 7.73. The average molecular weight is 602 g/mol. The third-order valence-corrected chi connectivity index (χ3v) is 7.39. The molecule has 0 spiro atoms. The van der Waals surface area contributed by atoms with Crippen molar-refractivity contribution in [1.29, 1.82) is 0 Å². The van der Waals surface area contributed by atoms with Crippen molar-refractivity contribution in [3.8, 4) is 16.9 Å². The van der Waals surface area contributed by atoms with Crippen molar-refractivity contribution >= 4 is 5.69 Å². The average Bonchev–Trinajstić information content (AvgIpc) is 2.95. The number of aliphatic hydroxyl groups is 1. The molecule has 1 fully saturated rings.